The molecular formula is C15H10F17NO4S. The Hall–Kier alpha value is -2.30. The minimum absolute atomic E-state index is 0. The summed E-state index contributed by atoms with van der Waals surface area (Å²) < 4.78 is 262. The molecule has 0 aliphatic carbocycles. The molecule has 0 saturated carbocycles. The van der Waals surface area contributed by atoms with Crippen molar-refractivity contribution in [3.8, 4) is 5.75 Å². The van der Waals surface area contributed by atoms with E-state index in [0.29, 0.717) is 12.1 Å². The van der Waals surface area contributed by atoms with Crippen LogP contribution in [-0.4, -0.2) is 60.8 Å². The van der Waals surface area contributed by atoms with E-state index in [4.69, 9.17) is 0 Å². The Morgan fingerprint density at radius 3 is 1.39 bits per heavy atom. The molecule has 23 heteroatoms. The van der Waals surface area contributed by atoms with E-state index in [1.807, 2.05) is 0 Å². The maximum absolute atomic E-state index is 13.8. The highest BCUT2D eigenvalue weighted by molar-refractivity contribution is 7.85. The van der Waals surface area contributed by atoms with Gasteiger partial charge in [-0.1, -0.05) is 12.1 Å². The van der Waals surface area contributed by atoms with Gasteiger partial charge in [0.15, 0.2) is 0 Å². The van der Waals surface area contributed by atoms with Gasteiger partial charge in [-0.05, 0) is 12.1 Å². The molecule has 0 aliphatic heterocycles. The molecule has 0 amide bonds. The van der Waals surface area contributed by atoms with Crippen LogP contribution in [0.3, 0.4) is 0 Å². The lowest BCUT2D eigenvalue weighted by Gasteiger charge is -2.42. The van der Waals surface area contributed by atoms with Gasteiger partial charge in [0, 0.05) is 0 Å². The normalized spacial score (nSPS) is 15.2. The summed E-state index contributed by atoms with van der Waals surface area (Å²) in [7, 11) is -5.97. The van der Waals surface area contributed by atoms with Crippen molar-refractivity contribution in [1.29, 1.82) is 0 Å². The van der Waals surface area contributed by atoms with Crippen molar-refractivity contribution in [3.63, 3.8) is 0 Å². The average Bonchev–Trinajstić information content (AvgIpc) is 2.64. The van der Waals surface area contributed by atoms with Crippen LogP contribution in [0.5, 0.6) is 5.75 Å². The highest BCUT2D eigenvalue weighted by Crippen LogP contribution is 2.63. The van der Waals surface area contributed by atoms with Gasteiger partial charge in [0.1, 0.15) is 22.3 Å². The van der Waals surface area contributed by atoms with Crippen molar-refractivity contribution in [2.75, 3.05) is 0 Å². The summed E-state index contributed by atoms with van der Waals surface area (Å²) in [4.78, 5) is -2.04. The summed E-state index contributed by atoms with van der Waals surface area (Å²) >= 11 is 0. The van der Waals surface area contributed by atoms with Crippen molar-refractivity contribution < 1.29 is 92.3 Å². The maximum Gasteiger partial charge on any atom is 0.471 e. The Balaban J connectivity index is 0.0000137. The van der Waals surface area contributed by atoms with E-state index >= 15 is 0 Å². The molecule has 0 saturated heterocycles. The van der Waals surface area contributed by atoms with Crippen LogP contribution in [-0.2, 0) is 10.1 Å². The van der Waals surface area contributed by atoms with Gasteiger partial charge in [-0.15, -0.1) is 0 Å². The van der Waals surface area contributed by atoms with Crippen molar-refractivity contribution >= 4 is 10.1 Å². The maximum atomic E-state index is 13.8. The number of halogens is 17. The lowest BCUT2D eigenvalue weighted by molar-refractivity contribution is -0.459. The Morgan fingerprint density at radius 1 is 0.632 bits per heavy atom. The standard InChI is InChI=1S/C15H7F17O4S.H3N/c16-8(17,5-9(18,19)20)10(21,22)11(23,24)12(25,26)13(27,28)14(29,30)15(31,32)36-6-3-1-2-4-7(6)37(33,34)35;/h1-4H,5H2,(H,33,34,35);1H3. The van der Waals surface area contributed by atoms with Crippen LogP contribution in [0.25, 0.3) is 0 Å². The first-order chi connectivity index (χ1) is 15.9. The fourth-order valence-electron chi connectivity index (χ4n) is 2.31. The number of benzene rings is 1. The number of ether oxygens (including phenoxy) is 1. The van der Waals surface area contributed by atoms with Gasteiger partial charge in [0.2, 0.25) is 0 Å². The monoisotopic (exact) mass is 623 g/mol. The van der Waals surface area contributed by atoms with Crippen molar-refractivity contribution in [2.24, 2.45) is 0 Å². The Labute approximate surface area is 198 Å². The van der Waals surface area contributed by atoms with E-state index in [-0.39, 0.29) is 18.3 Å². The highest BCUT2D eigenvalue weighted by Gasteiger charge is 2.93. The lowest BCUT2D eigenvalue weighted by Crippen LogP contribution is -2.73. The van der Waals surface area contributed by atoms with E-state index in [2.05, 4.69) is 4.74 Å². The van der Waals surface area contributed by atoms with Crippen LogP contribution in [0, 0.1) is 0 Å². The highest BCUT2D eigenvalue weighted by atomic mass is 32.2. The molecule has 0 atom stereocenters. The number of quaternary nitrogens is 1. The quantitative estimate of drug-likeness (QED) is 0.232. The van der Waals surface area contributed by atoms with Gasteiger partial charge in [-0.2, -0.15) is 74.6 Å². The summed E-state index contributed by atoms with van der Waals surface area (Å²) in [5.41, 5.74) is 0. The molecular weight excluding hydrogens is 613 g/mol. The van der Waals surface area contributed by atoms with Gasteiger partial charge >= 0.3 is 47.8 Å². The second-order valence-corrected chi connectivity index (χ2v) is 8.24. The molecule has 38 heavy (non-hydrogen) atoms. The molecule has 1 aromatic rings. The SMILES string of the molecule is O=S(=O)([O-])c1ccccc1OC(F)(F)C(F)(F)C(F)(F)C(F)(F)C(F)(F)C(F)(F)C(F)(F)CC(F)(F)F.[NH4+]. The van der Waals surface area contributed by atoms with Gasteiger partial charge in [-0.25, -0.2) is 8.42 Å². The fourth-order valence-corrected chi connectivity index (χ4v) is 2.91. The van der Waals surface area contributed by atoms with Crippen molar-refractivity contribution in [1.82, 2.24) is 6.15 Å². The minimum atomic E-state index is -8.68. The average molecular weight is 623 g/mol. The van der Waals surface area contributed by atoms with Gasteiger partial charge in [-0.3, -0.25) is 0 Å². The Bertz CT molecular complexity index is 1100. The smallest absolute Gasteiger partial charge is 0.471 e. The molecule has 0 spiro atoms. The molecule has 1 rings (SSSR count). The van der Waals surface area contributed by atoms with Gasteiger partial charge < -0.3 is 15.4 Å². The van der Waals surface area contributed by atoms with Crippen LogP contribution in [0.2, 0.25) is 0 Å². The first-order valence-corrected chi connectivity index (χ1v) is 9.77. The van der Waals surface area contributed by atoms with Crippen LogP contribution >= 0.6 is 0 Å². The van der Waals surface area contributed by atoms with Crippen LogP contribution in [0.15, 0.2) is 29.2 Å². The zero-order valence-electron chi connectivity index (χ0n) is 17.5. The van der Waals surface area contributed by atoms with Gasteiger partial charge in [0.05, 0.1) is 4.90 Å². The second kappa shape index (κ2) is 9.71. The molecule has 0 aromatic heterocycles. The van der Waals surface area contributed by atoms with Crippen LogP contribution in [0.4, 0.5) is 74.6 Å². The lowest BCUT2D eigenvalue weighted by atomic mass is 9.90. The number of rotatable bonds is 10. The molecule has 0 radical (unpaired) electrons. The molecule has 0 fully saturated rings. The first kappa shape index (κ1) is 35.7. The molecule has 0 unspecified atom stereocenters. The minimum Gasteiger partial charge on any atom is -0.744 e. The fraction of sp³-hybridized carbons (Fsp3) is 0.600. The Morgan fingerprint density at radius 2 is 1.00 bits per heavy atom. The summed E-state index contributed by atoms with van der Waals surface area (Å²) in [5.74, 6) is -51.8. The number of hydrogen-bond donors (Lipinski definition) is 1. The molecule has 5 nitrogen and oxygen atoms in total. The molecule has 0 bridgehead atoms. The number of hydrogen-bond acceptors (Lipinski definition) is 4. The van der Waals surface area contributed by atoms with Crippen LogP contribution in [0.1, 0.15) is 6.42 Å². The third kappa shape index (κ3) is 5.67. The van der Waals surface area contributed by atoms with E-state index in [0.717, 1.165) is 0 Å². The summed E-state index contributed by atoms with van der Waals surface area (Å²) in [6.45, 7) is 0. The zero-order chi connectivity index (χ0) is 29.9. The molecule has 4 N–H and O–H groups in total. The first-order valence-electron chi connectivity index (χ1n) is 8.36. The summed E-state index contributed by atoms with van der Waals surface area (Å²) in [5, 5.41) is 0. The van der Waals surface area contributed by atoms with E-state index in [1.165, 1.54) is 0 Å². The van der Waals surface area contributed by atoms with Crippen molar-refractivity contribution in [2.45, 2.75) is 59.1 Å². The molecule has 0 aliphatic rings. The summed E-state index contributed by atoms with van der Waals surface area (Å²) in [6.07, 6.45) is -18.2. The van der Waals surface area contributed by atoms with Crippen molar-refractivity contribution in [3.05, 3.63) is 24.3 Å². The van der Waals surface area contributed by atoms with Crippen LogP contribution < -0.4 is 10.9 Å². The third-order valence-electron chi connectivity index (χ3n) is 4.18. The molecule has 224 valence electrons. The van der Waals surface area contributed by atoms with E-state index < -0.39 is 75.0 Å². The Kier molecular flexibility index (Phi) is 9.12. The summed E-state index contributed by atoms with van der Waals surface area (Å²) in [6, 6.07) is 0.768. The predicted molar refractivity (Wildman–Crippen MR) is 86.3 cm³/mol. The number of alkyl halides is 17. The zero-order valence-corrected chi connectivity index (χ0v) is 18.3. The number of para-hydroxylation sites is 1. The second-order valence-electron chi connectivity index (χ2n) is 6.89. The predicted octanol–water partition coefficient (Wildman–Crippen LogP) is 6.70. The van der Waals surface area contributed by atoms with E-state index in [1.54, 1.807) is 0 Å². The molecule has 1 aromatic carbocycles. The van der Waals surface area contributed by atoms with Gasteiger partial charge in [0.25, 0.3) is 0 Å². The largest absolute Gasteiger partial charge is 0.744 e. The molecule has 0 heterocycles. The van der Waals surface area contributed by atoms with E-state index in [9.17, 15) is 87.6 Å². The third-order valence-corrected chi connectivity index (χ3v) is 5.06. The topological polar surface area (TPSA) is 103 Å².